The molecule has 0 fully saturated rings. The maximum Gasteiger partial charge on any atom is 0.237 e. The van der Waals surface area contributed by atoms with Gasteiger partial charge in [0, 0.05) is 12.4 Å². The Balaban J connectivity index is 2.04. The molecule has 17 heavy (non-hydrogen) atoms. The molecular formula is C12H16N4O. The van der Waals surface area contributed by atoms with E-state index in [2.05, 4.69) is 20.5 Å². The zero-order valence-corrected chi connectivity index (χ0v) is 9.97. The molecule has 0 atom stereocenters. The van der Waals surface area contributed by atoms with E-state index in [9.17, 15) is 0 Å². The molecule has 5 heteroatoms. The summed E-state index contributed by atoms with van der Waals surface area (Å²) in [5.41, 5.74) is 1.90. The molecule has 2 aromatic heterocycles. The SMILES string of the molecule is CC(C)Oc1ncccc1NCc1ccn[nH]1. The van der Waals surface area contributed by atoms with Crippen LogP contribution in [0.2, 0.25) is 0 Å². The van der Waals surface area contributed by atoms with Crippen LogP contribution in [0.3, 0.4) is 0 Å². The third kappa shape index (κ3) is 3.21. The van der Waals surface area contributed by atoms with E-state index in [-0.39, 0.29) is 6.10 Å². The smallest absolute Gasteiger partial charge is 0.237 e. The quantitative estimate of drug-likeness (QED) is 0.829. The fourth-order valence-corrected chi connectivity index (χ4v) is 1.42. The Morgan fingerprint density at radius 1 is 1.35 bits per heavy atom. The molecule has 0 aliphatic carbocycles. The number of aromatic nitrogens is 3. The van der Waals surface area contributed by atoms with Crippen LogP contribution in [0.15, 0.2) is 30.6 Å². The van der Waals surface area contributed by atoms with Gasteiger partial charge in [-0.3, -0.25) is 5.10 Å². The molecule has 5 nitrogen and oxygen atoms in total. The highest BCUT2D eigenvalue weighted by molar-refractivity contribution is 5.52. The summed E-state index contributed by atoms with van der Waals surface area (Å²) >= 11 is 0. The molecule has 0 aliphatic heterocycles. The Morgan fingerprint density at radius 2 is 2.24 bits per heavy atom. The number of aromatic amines is 1. The van der Waals surface area contributed by atoms with Gasteiger partial charge < -0.3 is 10.1 Å². The van der Waals surface area contributed by atoms with Crippen molar-refractivity contribution in [3.63, 3.8) is 0 Å². The fourth-order valence-electron chi connectivity index (χ4n) is 1.42. The summed E-state index contributed by atoms with van der Waals surface area (Å²) < 4.78 is 5.62. The molecular weight excluding hydrogens is 216 g/mol. The van der Waals surface area contributed by atoms with Gasteiger partial charge in [0.25, 0.3) is 0 Å². The minimum Gasteiger partial charge on any atom is -0.473 e. The fraction of sp³-hybridized carbons (Fsp3) is 0.333. The highest BCUT2D eigenvalue weighted by Crippen LogP contribution is 2.22. The summed E-state index contributed by atoms with van der Waals surface area (Å²) in [4.78, 5) is 4.21. The topological polar surface area (TPSA) is 62.8 Å². The Hall–Kier alpha value is -2.04. The largest absolute Gasteiger partial charge is 0.473 e. The van der Waals surface area contributed by atoms with E-state index >= 15 is 0 Å². The zero-order valence-electron chi connectivity index (χ0n) is 9.97. The van der Waals surface area contributed by atoms with Crippen molar-refractivity contribution in [1.82, 2.24) is 15.2 Å². The highest BCUT2D eigenvalue weighted by atomic mass is 16.5. The van der Waals surface area contributed by atoms with E-state index < -0.39 is 0 Å². The van der Waals surface area contributed by atoms with Crippen molar-refractivity contribution in [3.05, 3.63) is 36.3 Å². The van der Waals surface area contributed by atoms with Crippen LogP contribution in [-0.4, -0.2) is 21.3 Å². The third-order valence-electron chi connectivity index (χ3n) is 2.15. The molecule has 2 heterocycles. The second-order valence-electron chi connectivity index (χ2n) is 3.96. The number of pyridine rings is 1. The number of H-pyrrole nitrogens is 1. The second-order valence-corrected chi connectivity index (χ2v) is 3.96. The van der Waals surface area contributed by atoms with Crippen LogP contribution in [0.4, 0.5) is 5.69 Å². The van der Waals surface area contributed by atoms with Gasteiger partial charge in [0.15, 0.2) is 0 Å². The van der Waals surface area contributed by atoms with Gasteiger partial charge in [-0.2, -0.15) is 5.10 Å². The Morgan fingerprint density at radius 3 is 2.94 bits per heavy atom. The van der Waals surface area contributed by atoms with E-state index in [4.69, 9.17) is 4.74 Å². The van der Waals surface area contributed by atoms with Gasteiger partial charge in [-0.1, -0.05) is 0 Å². The van der Waals surface area contributed by atoms with Crippen LogP contribution in [0, 0.1) is 0 Å². The lowest BCUT2D eigenvalue weighted by Gasteiger charge is -2.13. The Kier molecular flexibility index (Phi) is 3.59. The number of rotatable bonds is 5. The van der Waals surface area contributed by atoms with E-state index in [1.165, 1.54) is 0 Å². The van der Waals surface area contributed by atoms with Crippen molar-refractivity contribution in [3.8, 4) is 5.88 Å². The molecule has 0 bridgehead atoms. The van der Waals surface area contributed by atoms with E-state index in [1.807, 2.05) is 32.0 Å². The average Bonchev–Trinajstić information content (AvgIpc) is 2.80. The monoisotopic (exact) mass is 232 g/mol. The van der Waals surface area contributed by atoms with E-state index in [0.29, 0.717) is 12.4 Å². The predicted molar refractivity (Wildman–Crippen MR) is 65.9 cm³/mol. The van der Waals surface area contributed by atoms with Crippen molar-refractivity contribution >= 4 is 5.69 Å². The zero-order chi connectivity index (χ0) is 12.1. The molecule has 0 spiro atoms. The molecule has 0 saturated carbocycles. The molecule has 2 rings (SSSR count). The lowest BCUT2D eigenvalue weighted by Crippen LogP contribution is -2.10. The summed E-state index contributed by atoms with van der Waals surface area (Å²) in [6.07, 6.45) is 3.56. The van der Waals surface area contributed by atoms with Crippen LogP contribution in [0.5, 0.6) is 5.88 Å². The Labute approximate surface area is 100 Å². The summed E-state index contributed by atoms with van der Waals surface area (Å²) in [5, 5.41) is 10.0. The molecule has 2 N–H and O–H groups in total. The molecule has 0 saturated heterocycles. The van der Waals surface area contributed by atoms with Gasteiger partial charge >= 0.3 is 0 Å². The lowest BCUT2D eigenvalue weighted by atomic mass is 10.3. The first-order valence-electron chi connectivity index (χ1n) is 5.59. The molecule has 0 aliphatic rings. The van der Waals surface area contributed by atoms with Crippen LogP contribution in [0.25, 0.3) is 0 Å². The van der Waals surface area contributed by atoms with Crippen LogP contribution in [-0.2, 0) is 6.54 Å². The number of hydrogen-bond acceptors (Lipinski definition) is 4. The van der Waals surface area contributed by atoms with Gasteiger partial charge in [0.1, 0.15) is 0 Å². The van der Waals surface area contributed by atoms with Gasteiger partial charge in [-0.15, -0.1) is 0 Å². The Bertz CT molecular complexity index is 453. The third-order valence-corrected chi connectivity index (χ3v) is 2.15. The van der Waals surface area contributed by atoms with Crippen LogP contribution >= 0.6 is 0 Å². The number of anilines is 1. The molecule has 0 aromatic carbocycles. The first kappa shape index (κ1) is 11.4. The van der Waals surface area contributed by atoms with Gasteiger partial charge in [0.05, 0.1) is 24.0 Å². The molecule has 90 valence electrons. The number of nitrogens with zero attached hydrogens (tertiary/aromatic N) is 2. The van der Waals surface area contributed by atoms with E-state index in [0.717, 1.165) is 11.4 Å². The van der Waals surface area contributed by atoms with E-state index in [1.54, 1.807) is 12.4 Å². The van der Waals surface area contributed by atoms with Gasteiger partial charge in [-0.05, 0) is 32.0 Å². The highest BCUT2D eigenvalue weighted by Gasteiger charge is 2.06. The van der Waals surface area contributed by atoms with Crippen molar-refractivity contribution in [1.29, 1.82) is 0 Å². The van der Waals surface area contributed by atoms with Crippen molar-refractivity contribution in [2.24, 2.45) is 0 Å². The number of ether oxygens (including phenoxy) is 1. The normalized spacial score (nSPS) is 10.5. The van der Waals surface area contributed by atoms with Gasteiger partial charge in [-0.25, -0.2) is 4.98 Å². The molecule has 2 aromatic rings. The maximum absolute atomic E-state index is 5.62. The number of hydrogen-bond donors (Lipinski definition) is 2. The van der Waals surface area contributed by atoms with Crippen molar-refractivity contribution in [2.45, 2.75) is 26.5 Å². The lowest BCUT2D eigenvalue weighted by molar-refractivity contribution is 0.234. The van der Waals surface area contributed by atoms with Gasteiger partial charge in [0.2, 0.25) is 5.88 Å². The average molecular weight is 232 g/mol. The summed E-state index contributed by atoms with van der Waals surface area (Å²) in [6.45, 7) is 4.63. The maximum atomic E-state index is 5.62. The van der Waals surface area contributed by atoms with Crippen LogP contribution < -0.4 is 10.1 Å². The molecule has 0 radical (unpaired) electrons. The number of nitrogens with one attached hydrogen (secondary N) is 2. The van der Waals surface area contributed by atoms with Crippen molar-refractivity contribution < 1.29 is 4.74 Å². The first-order valence-corrected chi connectivity index (χ1v) is 5.59. The summed E-state index contributed by atoms with van der Waals surface area (Å²) in [6, 6.07) is 5.75. The predicted octanol–water partition coefficient (Wildman–Crippen LogP) is 2.20. The standard InChI is InChI=1S/C12H16N4O/c1-9(2)17-12-11(4-3-6-13-12)14-8-10-5-7-15-16-10/h3-7,9,14H,8H2,1-2H3,(H,15,16). The van der Waals surface area contributed by atoms with Crippen molar-refractivity contribution in [2.75, 3.05) is 5.32 Å². The molecule has 0 unspecified atom stereocenters. The first-order chi connectivity index (χ1) is 8.25. The molecule has 0 amide bonds. The minimum atomic E-state index is 0.109. The van der Waals surface area contributed by atoms with Crippen LogP contribution in [0.1, 0.15) is 19.5 Å². The minimum absolute atomic E-state index is 0.109. The second kappa shape index (κ2) is 5.34. The summed E-state index contributed by atoms with van der Waals surface area (Å²) in [5.74, 6) is 0.627. The summed E-state index contributed by atoms with van der Waals surface area (Å²) in [7, 11) is 0.